The molecule has 5 heterocycles. The van der Waals surface area contributed by atoms with Crippen LogP contribution in [0.1, 0.15) is 161 Å². The number of nitrogens with two attached hydrogens (primary N) is 5. The molecule has 2 aliphatic heterocycles. The van der Waals surface area contributed by atoms with E-state index in [9.17, 15) is 38.4 Å². The summed E-state index contributed by atoms with van der Waals surface area (Å²) in [5.41, 5.74) is 39.7. The molecule has 7 aromatic rings. The van der Waals surface area contributed by atoms with Gasteiger partial charge in [-0.15, -0.1) is 0 Å². The molecule has 17 N–H and O–H groups in total. The van der Waals surface area contributed by atoms with Crippen LogP contribution in [-0.2, 0) is 33.4 Å². The van der Waals surface area contributed by atoms with Crippen LogP contribution < -0.4 is 55.3 Å². The second-order valence-corrected chi connectivity index (χ2v) is 25.8. The van der Waals surface area contributed by atoms with E-state index in [1.165, 1.54) is 21.3 Å². The largest absolute Gasteiger partial charge is 0.467 e. The number of methoxy groups -OCH3 is 3. The van der Waals surface area contributed by atoms with Gasteiger partial charge in [0, 0.05) is 73.1 Å². The van der Waals surface area contributed by atoms with Gasteiger partial charge >= 0.3 is 17.9 Å². The summed E-state index contributed by atoms with van der Waals surface area (Å²) in [6, 6.07) is 32.2. The van der Waals surface area contributed by atoms with E-state index < -0.39 is 65.7 Å². The number of fused-ring (bicyclic) bond motifs is 8. The Labute approximate surface area is 610 Å². The number of hydrogen-bond acceptors (Lipinski definition) is 18. The fourth-order valence-electron chi connectivity index (χ4n) is 12.7. The van der Waals surface area contributed by atoms with E-state index in [0.29, 0.717) is 211 Å². The van der Waals surface area contributed by atoms with Crippen molar-refractivity contribution in [1.29, 1.82) is 0 Å². The average Bonchev–Trinajstić information content (AvgIpc) is 1.63. The third-order valence-electron chi connectivity index (χ3n) is 18.5. The molecule has 9 rings (SSSR count). The molecule has 4 atom stereocenters. The van der Waals surface area contributed by atoms with Crippen LogP contribution in [0.3, 0.4) is 0 Å². The van der Waals surface area contributed by atoms with Crippen LogP contribution in [0.25, 0.3) is 90.9 Å². The number of H-pyrrole nitrogens is 2. The maximum Gasteiger partial charge on any atom is 0.328 e. The van der Waals surface area contributed by atoms with Crippen LogP contribution in [0, 0.1) is 0 Å². The second-order valence-electron chi connectivity index (χ2n) is 25.8. The molecule has 8 bridgehead atoms. The molecule has 0 saturated heterocycles. The Balaban J connectivity index is 1.24. The summed E-state index contributed by atoms with van der Waals surface area (Å²) in [7, 11) is 3.82. The number of carbonyl (C=O) groups excluding carboxylic acids is 8. The Hall–Kier alpha value is -11.0. The number of aromatic amines is 2. The lowest BCUT2D eigenvalue weighted by molar-refractivity contribution is -0.143. The van der Waals surface area contributed by atoms with Crippen LogP contribution in [0.2, 0.25) is 0 Å². The Morgan fingerprint density at radius 3 is 0.838 bits per heavy atom. The lowest BCUT2D eigenvalue weighted by atomic mass is 10.0. The van der Waals surface area contributed by atoms with Gasteiger partial charge in [0.05, 0.1) is 44.1 Å². The van der Waals surface area contributed by atoms with Gasteiger partial charge in [-0.2, -0.15) is 0 Å². The van der Waals surface area contributed by atoms with Crippen molar-refractivity contribution >= 4 is 93.8 Å². The van der Waals surface area contributed by atoms with Crippen LogP contribution in [-0.4, -0.2) is 152 Å². The zero-order chi connectivity index (χ0) is 74.8. The first-order chi connectivity index (χ1) is 51.0. The first-order valence-corrected chi connectivity index (χ1v) is 35.9. The summed E-state index contributed by atoms with van der Waals surface area (Å²) in [6.07, 6.45) is 16.5. The number of rotatable bonds is 37. The molecular weight excluding hydrogens is 1330 g/mol. The minimum Gasteiger partial charge on any atom is -0.467 e. The Morgan fingerprint density at radius 2 is 0.581 bits per heavy atom. The van der Waals surface area contributed by atoms with E-state index >= 15 is 0 Å². The minimum absolute atomic E-state index is 0.280. The first-order valence-electron chi connectivity index (χ1n) is 35.9. The van der Waals surface area contributed by atoms with Gasteiger partial charge in [0.25, 0.3) is 23.6 Å². The predicted octanol–water partition coefficient (Wildman–Crippen LogP) is 9.00. The van der Waals surface area contributed by atoms with Gasteiger partial charge < -0.3 is 79.4 Å². The number of hydrogen-bond donors (Lipinski definition) is 12. The summed E-state index contributed by atoms with van der Waals surface area (Å²) < 4.78 is 15.2. The van der Waals surface area contributed by atoms with E-state index in [1.807, 2.05) is 85.0 Å². The van der Waals surface area contributed by atoms with Gasteiger partial charge in [0.2, 0.25) is 5.91 Å². The average molecular weight is 1430 g/mol. The highest BCUT2D eigenvalue weighted by atomic mass is 16.5. The SMILES string of the molecule is COC(=O)[C@H](CCCCN)NC(=O)c1ccc(-c2c3nc(c(-c4ccc(C(=O)N[C@@H](CCCCN)C(=O)OC)cc4)c4ccc([nH]4)c(-c4ccc(C(=O)N[C@@H](CCCCN)C(=O)OC)cc4)c4nc(c(-c5ccc(C(=O)N[C@@H](CCCCN)C(=O)NCCCCCN)cc5)c5ccc2[nH]5)C=C4)C=C3)cc1. The van der Waals surface area contributed by atoms with Gasteiger partial charge in [0.15, 0.2) is 0 Å². The van der Waals surface area contributed by atoms with E-state index in [4.69, 9.17) is 52.8 Å². The van der Waals surface area contributed by atoms with Crippen molar-refractivity contribution < 1.29 is 52.6 Å². The van der Waals surface area contributed by atoms with E-state index in [-0.39, 0.29) is 22.6 Å². The Kier molecular flexibility index (Phi) is 29.1. The van der Waals surface area contributed by atoms with Gasteiger partial charge in [-0.3, -0.25) is 24.0 Å². The fraction of sp³-hybridized carbons (Fsp3) is 0.350. The standard InChI is InChI=1S/C80H96N14O11/c1-103-78(100)66(16-6-11-45-83)92-74(96)54-29-21-50(22-30-54)70-59-37-35-57(87-59)69(49-19-27-53(28-20-49)73(95)91-65(15-5-10-44-82)77(99)86-48-14-4-9-43-81)58-36-38-60(88-58)71(51-23-31-55(32-24-51)75(97)93-67(79(101)104-2)17-7-12-46-84)62-40-42-64(90-62)72(63-41-39-61(70)89-63)52-25-33-56(34-26-52)76(98)94-68(80(102)105-3)18-8-13-47-85/h19-42,65-68,87,90H,4-18,43-48,81-85H2,1-3H3,(H,86,99)(H,91,95)(H,92,96)(H,93,97)(H,94,98)/t65-,66-,67-,68-/m0/s1. The molecule has 0 radical (unpaired) electrons. The molecule has 4 aromatic carbocycles. The van der Waals surface area contributed by atoms with Crippen molar-refractivity contribution in [1.82, 2.24) is 46.5 Å². The summed E-state index contributed by atoms with van der Waals surface area (Å²) in [4.78, 5) is 127. The van der Waals surface area contributed by atoms with Gasteiger partial charge in [-0.05, 0) is 242 Å². The predicted molar refractivity (Wildman–Crippen MR) is 409 cm³/mol. The number of nitrogens with zero attached hydrogens (tertiary/aromatic N) is 2. The van der Waals surface area contributed by atoms with Crippen LogP contribution in [0.4, 0.5) is 0 Å². The molecule has 25 heteroatoms. The summed E-state index contributed by atoms with van der Waals surface area (Å²) >= 11 is 0. The molecule has 5 amide bonds. The van der Waals surface area contributed by atoms with Crippen LogP contribution in [0.5, 0.6) is 0 Å². The molecule has 2 aliphatic rings. The van der Waals surface area contributed by atoms with Crippen molar-refractivity contribution in [2.75, 3.05) is 60.6 Å². The summed E-state index contributed by atoms with van der Waals surface area (Å²) in [6.45, 7) is 2.74. The normalized spacial score (nSPS) is 12.7. The number of amides is 5. The van der Waals surface area contributed by atoms with Gasteiger partial charge in [0.1, 0.15) is 24.2 Å². The number of unbranched alkanes of at least 4 members (excludes halogenated alkanes) is 6. The van der Waals surface area contributed by atoms with Crippen LogP contribution >= 0.6 is 0 Å². The van der Waals surface area contributed by atoms with Crippen LogP contribution in [0.15, 0.2) is 121 Å². The monoisotopic (exact) mass is 1430 g/mol. The third-order valence-corrected chi connectivity index (χ3v) is 18.5. The molecule has 552 valence electrons. The van der Waals surface area contributed by atoms with E-state index in [0.717, 1.165) is 19.3 Å². The van der Waals surface area contributed by atoms with Crippen molar-refractivity contribution in [3.05, 3.63) is 166 Å². The molecule has 0 spiro atoms. The van der Waals surface area contributed by atoms with Crippen molar-refractivity contribution in [3.8, 4) is 44.5 Å². The smallest absolute Gasteiger partial charge is 0.328 e. The maximum absolute atomic E-state index is 14.2. The topological polar surface area (TPSA) is 412 Å². The zero-order valence-electron chi connectivity index (χ0n) is 59.8. The Bertz CT molecular complexity index is 4350. The van der Waals surface area contributed by atoms with Crippen molar-refractivity contribution in [2.24, 2.45) is 28.7 Å². The number of nitrogens with one attached hydrogen (secondary N) is 7. The molecule has 0 fully saturated rings. The van der Waals surface area contributed by atoms with Gasteiger partial charge in [-0.25, -0.2) is 24.4 Å². The fourth-order valence-corrected chi connectivity index (χ4v) is 12.7. The van der Waals surface area contributed by atoms with Crippen molar-refractivity contribution in [3.63, 3.8) is 0 Å². The lowest BCUT2D eigenvalue weighted by Crippen LogP contribution is -2.47. The number of esters is 3. The number of ether oxygens (including phenoxy) is 3. The maximum atomic E-state index is 14.2. The molecule has 3 aromatic heterocycles. The molecule has 25 nitrogen and oxygen atoms in total. The zero-order valence-corrected chi connectivity index (χ0v) is 59.8. The highest BCUT2D eigenvalue weighted by molar-refractivity contribution is 6.04. The number of benzene rings is 4. The molecular formula is C80H96N14O11. The molecule has 0 aliphatic carbocycles. The first kappa shape index (κ1) is 78.2. The number of carbonyl (C=O) groups is 8. The van der Waals surface area contributed by atoms with E-state index in [2.05, 4.69) is 36.6 Å². The second kappa shape index (κ2) is 39.1. The highest BCUT2D eigenvalue weighted by Crippen LogP contribution is 2.39. The highest BCUT2D eigenvalue weighted by Gasteiger charge is 2.28. The molecule has 0 saturated carbocycles. The molecule has 0 unspecified atom stereocenters. The third kappa shape index (κ3) is 20.5. The quantitative estimate of drug-likeness (QED) is 0.00981. The minimum atomic E-state index is -0.899. The summed E-state index contributed by atoms with van der Waals surface area (Å²) in [5, 5.41) is 14.5. The number of aromatic nitrogens is 4. The van der Waals surface area contributed by atoms with Gasteiger partial charge in [-0.1, -0.05) is 55.0 Å². The lowest BCUT2D eigenvalue weighted by Gasteiger charge is -2.19. The summed E-state index contributed by atoms with van der Waals surface area (Å²) in [5.74, 6) is -3.89. The molecule has 105 heavy (non-hydrogen) atoms. The van der Waals surface area contributed by atoms with Crippen molar-refractivity contribution in [2.45, 2.75) is 120 Å². The Morgan fingerprint density at radius 1 is 0.333 bits per heavy atom. The van der Waals surface area contributed by atoms with E-state index in [1.54, 1.807) is 60.7 Å².